The molecular formula is C12H23NO2. The smallest absolute Gasteiger partial charge is 0.310 e. The highest BCUT2D eigenvalue weighted by Crippen LogP contribution is 2.34. The molecule has 0 aromatic carbocycles. The largest absolute Gasteiger partial charge is 0.481 e. The zero-order chi connectivity index (χ0) is 11.9. The molecule has 1 atom stereocenters. The molecule has 1 aliphatic rings. The van der Waals surface area contributed by atoms with Gasteiger partial charge in [0.15, 0.2) is 0 Å². The van der Waals surface area contributed by atoms with Crippen molar-refractivity contribution in [2.45, 2.75) is 46.6 Å². The first-order valence-corrected chi connectivity index (χ1v) is 5.63. The van der Waals surface area contributed by atoms with E-state index in [-0.39, 0.29) is 5.54 Å². The number of hydrogen-bond donors (Lipinski definition) is 1. The minimum Gasteiger partial charge on any atom is -0.481 e. The molecule has 0 bridgehead atoms. The Balaban J connectivity index is 2.70. The molecule has 0 aromatic heterocycles. The average Bonchev–Trinajstić information content (AvgIpc) is 2.23. The second-order valence-electron chi connectivity index (χ2n) is 6.19. The van der Waals surface area contributed by atoms with Crippen LogP contribution < -0.4 is 0 Å². The monoisotopic (exact) mass is 213 g/mol. The van der Waals surface area contributed by atoms with E-state index in [9.17, 15) is 4.79 Å². The normalized spacial score (nSPS) is 26.9. The van der Waals surface area contributed by atoms with Crippen molar-refractivity contribution < 1.29 is 9.90 Å². The maximum absolute atomic E-state index is 11.1. The molecule has 1 fully saturated rings. The molecule has 0 amide bonds. The second kappa shape index (κ2) is 3.78. The highest BCUT2D eigenvalue weighted by atomic mass is 16.4. The standard InChI is InChI=1S/C12H23NO2/c1-9-6-12(4,5)13(7-9)8-11(2,3)10(14)15/h9H,6-8H2,1-5H3,(H,14,15). The van der Waals surface area contributed by atoms with Crippen LogP contribution in [0.15, 0.2) is 0 Å². The maximum atomic E-state index is 11.1. The van der Waals surface area contributed by atoms with E-state index in [4.69, 9.17) is 5.11 Å². The Morgan fingerprint density at radius 3 is 2.40 bits per heavy atom. The van der Waals surface area contributed by atoms with Crippen molar-refractivity contribution in [3.05, 3.63) is 0 Å². The van der Waals surface area contributed by atoms with Gasteiger partial charge in [-0.05, 0) is 40.0 Å². The molecule has 0 saturated carbocycles. The molecule has 0 radical (unpaired) electrons. The van der Waals surface area contributed by atoms with Crippen LogP contribution in [0, 0.1) is 11.3 Å². The van der Waals surface area contributed by atoms with Gasteiger partial charge in [-0.25, -0.2) is 0 Å². The summed E-state index contributed by atoms with van der Waals surface area (Å²) in [7, 11) is 0. The minimum absolute atomic E-state index is 0.145. The summed E-state index contributed by atoms with van der Waals surface area (Å²) in [5.74, 6) is -0.0394. The Kier molecular flexibility index (Phi) is 3.15. The predicted molar refractivity (Wildman–Crippen MR) is 60.8 cm³/mol. The van der Waals surface area contributed by atoms with E-state index in [0.29, 0.717) is 12.5 Å². The van der Waals surface area contributed by atoms with Crippen LogP contribution in [0.2, 0.25) is 0 Å². The quantitative estimate of drug-likeness (QED) is 0.781. The second-order valence-corrected chi connectivity index (χ2v) is 6.19. The van der Waals surface area contributed by atoms with E-state index in [1.165, 1.54) is 0 Å². The SMILES string of the molecule is CC1CN(CC(C)(C)C(=O)O)C(C)(C)C1. The number of carboxylic acids is 1. The van der Waals surface area contributed by atoms with Gasteiger partial charge >= 0.3 is 5.97 Å². The first kappa shape index (κ1) is 12.5. The fraction of sp³-hybridized carbons (Fsp3) is 0.917. The van der Waals surface area contributed by atoms with Gasteiger partial charge in [-0.15, -0.1) is 0 Å². The van der Waals surface area contributed by atoms with Gasteiger partial charge in [0.1, 0.15) is 0 Å². The van der Waals surface area contributed by atoms with E-state index in [0.717, 1.165) is 13.0 Å². The van der Waals surface area contributed by atoms with E-state index in [1.54, 1.807) is 13.8 Å². The molecule has 1 aliphatic heterocycles. The molecule has 0 aromatic rings. The summed E-state index contributed by atoms with van der Waals surface area (Å²) in [4.78, 5) is 13.4. The number of aliphatic carboxylic acids is 1. The lowest BCUT2D eigenvalue weighted by Gasteiger charge is -2.36. The zero-order valence-corrected chi connectivity index (χ0v) is 10.5. The molecule has 88 valence electrons. The Hall–Kier alpha value is -0.570. The van der Waals surface area contributed by atoms with Crippen LogP contribution in [0.25, 0.3) is 0 Å². The minimum atomic E-state index is -0.710. The molecule has 3 nitrogen and oxygen atoms in total. The molecule has 1 saturated heterocycles. The number of nitrogens with zero attached hydrogens (tertiary/aromatic N) is 1. The Morgan fingerprint density at radius 2 is 2.07 bits per heavy atom. The van der Waals surface area contributed by atoms with Gasteiger partial charge < -0.3 is 5.11 Å². The molecule has 0 aliphatic carbocycles. The van der Waals surface area contributed by atoms with Crippen LogP contribution in [0.5, 0.6) is 0 Å². The Labute approximate surface area is 92.5 Å². The van der Waals surface area contributed by atoms with Gasteiger partial charge in [0, 0.05) is 18.6 Å². The van der Waals surface area contributed by atoms with E-state index in [2.05, 4.69) is 25.7 Å². The van der Waals surface area contributed by atoms with Crippen LogP contribution in [-0.4, -0.2) is 34.6 Å². The predicted octanol–water partition coefficient (Wildman–Crippen LogP) is 2.22. The fourth-order valence-corrected chi connectivity index (χ4v) is 2.49. The van der Waals surface area contributed by atoms with Crippen molar-refractivity contribution in [3.63, 3.8) is 0 Å². The molecule has 1 rings (SSSR count). The summed E-state index contributed by atoms with van der Waals surface area (Å²) in [5.41, 5.74) is -0.506. The van der Waals surface area contributed by atoms with E-state index in [1.807, 2.05) is 0 Å². The summed E-state index contributed by atoms with van der Waals surface area (Å²) in [6, 6.07) is 0. The molecule has 1 unspecified atom stereocenters. The average molecular weight is 213 g/mol. The maximum Gasteiger partial charge on any atom is 0.310 e. The summed E-state index contributed by atoms with van der Waals surface area (Å²) < 4.78 is 0. The van der Waals surface area contributed by atoms with E-state index >= 15 is 0 Å². The number of carboxylic acid groups (broad SMARTS) is 1. The third kappa shape index (κ3) is 2.71. The van der Waals surface area contributed by atoms with Gasteiger partial charge in [0.25, 0.3) is 0 Å². The number of carbonyl (C=O) groups is 1. The molecular weight excluding hydrogens is 190 g/mol. The highest BCUT2D eigenvalue weighted by molar-refractivity contribution is 5.73. The molecule has 15 heavy (non-hydrogen) atoms. The highest BCUT2D eigenvalue weighted by Gasteiger charge is 2.40. The van der Waals surface area contributed by atoms with Crippen LogP contribution >= 0.6 is 0 Å². The van der Waals surface area contributed by atoms with Crippen molar-refractivity contribution in [3.8, 4) is 0 Å². The lowest BCUT2D eigenvalue weighted by atomic mass is 9.91. The molecule has 3 heteroatoms. The summed E-state index contributed by atoms with van der Waals surface area (Å²) in [5, 5.41) is 9.11. The number of hydrogen-bond acceptors (Lipinski definition) is 2. The topological polar surface area (TPSA) is 40.5 Å². The van der Waals surface area contributed by atoms with Crippen molar-refractivity contribution in [2.75, 3.05) is 13.1 Å². The zero-order valence-electron chi connectivity index (χ0n) is 10.5. The molecule has 0 spiro atoms. The van der Waals surface area contributed by atoms with E-state index < -0.39 is 11.4 Å². The lowest BCUT2D eigenvalue weighted by molar-refractivity contribution is -0.148. The van der Waals surface area contributed by atoms with Gasteiger partial charge in [-0.1, -0.05) is 6.92 Å². The van der Waals surface area contributed by atoms with Crippen molar-refractivity contribution >= 4 is 5.97 Å². The van der Waals surface area contributed by atoms with Gasteiger partial charge in [-0.2, -0.15) is 0 Å². The summed E-state index contributed by atoms with van der Waals surface area (Å²) in [6.45, 7) is 11.9. The number of likely N-dealkylation sites (tertiary alicyclic amines) is 1. The molecule has 1 N–H and O–H groups in total. The van der Waals surface area contributed by atoms with Crippen molar-refractivity contribution in [1.29, 1.82) is 0 Å². The van der Waals surface area contributed by atoms with Crippen LogP contribution in [0.4, 0.5) is 0 Å². The third-order valence-electron chi connectivity index (χ3n) is 3.40. The molecule has 1 heterocycles. The van der Waals surface area contributed by atoms with Gasteiger partial charge in [0.2, 0.25) is 0 Å². The fourth-order valence-electron chi connectivity index (χ4n) is 2.49. The van der Waals surface area contributed by atoms with Gasteiger partial charge in [-0.3, -0.25) is 9.69 Å². The first-order valence-electron chi connectivity index (χ1n) is 5.63. The first-order chi connectivity index (χ1) is 6.65. The van der Waals surface area contributed by atoms with Crippen molar-refractivity contribution in [2.24, 2.45) is 11.3 Å². The van der Waals surface area contributed by atoms with Crippen LogP contribution in [0.3, 0.4) is 0 Å². The van der Waals surface area contributed by atoms with Crippen LogP contribution in [0.1, 0.15) is 41.0 Å². The van der Waals surface area contributed by atoms with Crippen molar-refractivity contribution in [1.82, 2.24) is 4.90 Å². The van der Waals surface area contributed by atoms with Gasteiger partial charge in [0.05, 0.1) is 5.41 Å². The summed E-state index contributed by atoms with van der Waals surface area (Å²) in [6.07, 6.45) is 1.16. The van der Waals surface area contributed by atoms with Crippen LogP contribution in [-0.2, 0) is 4.79 Å². The number of rotatable bonds is 3. The lowest BCUT2D eigenvalue weighted by Crippen LogP contribution is -2.46. The Bertz CT molecular complexity index is 258. The summed E-state index contributed by atoms with van der Waals surface area (Å²) >= 11 is 0. The third-order valence-corrected chi connectivity index (χ3v) is 3.40. The Morgan fingerprint density at radius 1 is 1.53 bits per heavy atom.